The van der Waals surface area contributed by atoms with Gasteiger partial charge in [-0.05, 0) is 25.1 Å². The van der Waals surface area contributed by atoms with Gasteiger partial charge < -0.3 is 5.32 Å². The molecule has 0 amide bonds. The predicted molar refractivity (Wildman–Crippen MR) is 75.7 cm³/mol. The zero-order valence-electron chi connectivity index (χ0n) is 11.7. The average molecular weight is 259 g/mol. The minimum atomic E-state index is 0.246. The zero-order chi connectivity index (χ0) is 13.7. The number of rotatable bonds is 6. The van der Waals surface area contributed by atoms with Crippen molar-refractivity contribution in [2.24, 2.45) is 0 Å². The minimum absolute atomic E-state index is 0.246. The number of benzene rings is 1. The third-order valence-electron chi connectivity index (χ3n) is 2.97. The smallest absolute Gasteiger partial charge is 0.204 e. The van der Waals surface area contributed by atoms with Crippen molar-refractivity contribution in [2.45, 2.75) is 39.3 Å². The van der Waals surface area contributed by atoms with Gasteiger partial charge in [-0.15, -0.1) is 10.2 Å². The number of hydrogen-bond donors (Lipinski definition) is 1. The summed E-state index contributed by atoms with van der Waals surface area (Å²) in [5.74, 6) is 0.685. The molecule has 0 saturated carbocycles. The van der Waals surface area contributed by atoms with E-state index in [0.717, 1.165) is 18.5 Å². The maximum atomic E-state index is 4.44. The van der Waals surface area contributed by atoms with E-state index in [9.17, 15) is 0 Å². The highest BCUT2D eigenvalue weighted by Crippen LogP contribution is 2.14. The van der Waals surface area contributed by atoms with Crippen molar-refractivity contribution in [3.05, 3.63) is 30.3 Å². The number of tetrazole rings is 1. The summed E-state index contributed by atoms with van der Waals surface area (Å²) in [5.41, 5.74) is 1.00. The Hall–Kier alpha value is -1.75. The van der Waals surface area contributed by atoms with Crippen LogP contribution in [0, 0.1) is 0 Å². The first-order valence-corrected chi connectivity index (χ1v) is 6.75. The van der Waals surface area contributed by atoms with Crippen molar-refractivity contribution < 1.29 is 0 Å². The van der Waals surface area contributed by atoms with Crippen LogP contribution in [0.3, 0.4) is 0 Å². The van der Waals surface area contributed by atoms with Gasteiger partial charge in [-0.1, -0.05) is 44.2 Å². The molecule has 2 aromatic rings. The van der Waals surface area contributed by atoms with Gasteiger partial charge in [0.05, 0.1) is 6.04 Å². The molecule has 0 spiro atoms. The molecule has 0 fully saturated rings. The lowest BCUT2D eigenvalue weighted by atomic mass is 10.2. The van der Waals surface area contributed by atoms with E-state index in [2.05, 4.69) is 41.5 Å². The van der Waals surface area contributed by atoms with Gasteiger partial charge in [0.2, 0.25) is 5.82 Å². The van der Waals surface area contributed by atoms with Gasteiger partial charge in [0.1, 0.15) is 0 Å². The van der Waals surface area contributed by atoms with E-state index < -0.39 is 0 Å². The number of hydrogen-bond acceptors (Lipinski definition) is 4. The molecule has 19 heavy (non-hydrogen) atoms. The summed E-state index contributed by atoms with van der Waals surface area (Å²) in [6, 6.07) is 10.7. The lowest BCUT2D eigenvalue weighted by Gasteiger charge is -2.12. The summed E-state index contributed by atoms with van der Waals surface area (Å²) in [6.45, 7) is 7.36. The van der Waals surface area contributed by atoms with Gasteiger partial charge in [0, 0.05) is 11.6 Å². The van der Waals surface area contributed by atoms with Crippen LogP contribution in [-0.4, -0.2) is 32.8 Å². The molecule has 0 radical (unpaired) electrons. The maximum Gasteiger partial charge on any atom is 0.204 e. The number of aromatic nitrogens is 4. The Balaban J connectivity index is 1.97. The topological polar surface area (TPSA) is 55.6 Å². The Bertz CT molecular complexity index is 492. The van der Waals surface area contributed by atoms with Crippen LogP contribution in [0.2, 0.25) is 0 Å². The molecule has 1 unspecified atom stereocenters. The molecule has 1 N–H and O–H groups in total. The summed E-state index contributed by atoms with van der Waals surface area (Å²) in [6.07, 6.45) is 0.989. The molecule has 0 aliphatic heterocycles. The molecular weight excluding hydrogens is 238 g/mol. The number of nitrogens with one attached hydrogen (secondary N) is 1. The highest BCUT2D eigenvalue weighted by molar-refractivity contribution is 5.52. The van der Waals surface area contributed by atoms with Crippen molar-refractivity contribution in [1.82, 2.24) is 25.5 Å². The van der Waals surface area contributed by atoms with E-state index in [1.54, 1.807) is 4.80 Å². The summed E-state index contributed by atoms with van der Waals surface area (Å²) >= 11 is 0. The van der Waals surface area contributed by atoms with E-state index in [-0.39, 0.29) is 6.04 Å². The van der Waals surface area contributed by atoms with Crippen molar-refractivity contribution >= 4 is 0 Å². The van der Waals surface area contributed by atoms with Gasteiger partial charge in [-0.2, -0.15) is 4.80 Å². The third-order valence-corrected chi connectivity index (χ3v) is 2.97. The molecule has 102 valence electrons. The fraction of sp³-hybridized carbons (Fsp3) is 0.500. The van der Waals surface area contributed by atoms with Crippen molar-refractivity contribution in [2.75, 3.05) is 6.54 Å². The second kappa shape index (κ2) is 6.43. The van der Waals surface area contributed by atoms with Crippen molar-refractivity contribution in [3.63, 3.8) is 0 Å². The molecule has 5 heteroatoms. The molecule has 2 rings (SSSR count). The third kappa shape index (κ3) is 3.86. The maximum absolute atomic E-state index is 4.44. The van der Waals surface area contributed by atoms with Gasteiger partial charge in [-0.3, -0.25) is 0 Å². The predicted octanol–water partition coefficient (Wildman–Crippen LogP) is 2.29. The Kier molecular flexibility index (Phi) is 4.63. The van der Waals surface area contributed by atoms with Crippen LogP contribution in [0.4, 0.5) is 0 Å². The summed E-state index contributed by atoms with van der Waals surface area (Å²) in [4.78, 5) is 1.70. The minimum Gasteiger partial charge on any atom is -0.314 e. The number of nitrogens with zero attached hydrogens (tertiary/aromatic N) is 4. The molecule has 1 aromatic heterocycles. The van der Waals surface area contributed by atoms with E-state index in [1.807, 2.05) is 30.3 Å². The average Bonchev–Trinajstić information content (AvgIpc) is 2.89. The highest BCUT2D eigenvalue weighted by Gasteiger charge is 2.10. The van der Waals surface area contributed by atoms with Crippen LogP contribution in [0.25, 0.3) is 11.4 Å². The lowest BCUT2D eigenvalue weighted by Crippen LogP contribution is -2.26. The van der Waals surface area contributed by atoms with Crippen LogP contribution in [0.1, 0.15) is 33.2 Å². The molecule has 5 nitrogen and oxygen atoms in total. The Morgan fingerprint density at radius 3 is 2.58 bits per heavy atom. The van der Waals surface area contributed by atoms with Gasteiger partial charge in [0.25, 0.3) is 0 Å². The first-order valence-electron chi connectivity index (χ1n) is 6.75. The standard InChI is InChI=1S/C14H21N5/c1-11(2)15-10-9-12(3)19-17-14(16-18-19)13-7-5-4-6-8-13/h4-8,11-12,15H,9-10H2,1-3H3. The first-order chi connectivity index (χ1) is 9.16. The summed E-state index contributed by atoms with van der Waals surface area (Å²) in [7, 11) is 0. The van der Waals surface area contributed by atoms with Gasteiger partial charge >= 0.3 is 0 Å². The highest BCUT2D eigenvalue weighted by atomic mass is 15.6. The summed E-state index contributed by atoms with van der Waals surface area (Å²) < 4.78 is 0. The Morgan fingerprint density at radius 1 is 1.16 bits per heavy atom. The van der Waals surface area contributed by atoms with E-state index in [4.69, 9.17) is 0 Å². The van der Waals surface area contributed by atoms with E-state index in [0.29, 0.717) is 11.9 Å². The zero-order valence-corrected chi connectivity index (χ0v) is 11.7. The second-order valence-corrected chi connectivity index (χ2v) is 5.05. The van der Waals surface area contributed by atoms with Crippen molar-refractivity contribution in [3.8, 4) is 11.4 Å². The largest absolute Gasteiger partial charge is 0.314 e. The summed E-state index contributed by atoms with van der Waals surface area (Å²) in [5, 5.41) is 16.1. The molecule has 0 aliphatic rings. The van der Waals surface area contributed by atoms with Crippen LogP contribution in [0.15, 0.2) is 30.3 Å². The monoisotopic (exact) mass is 259 g/mol. The van der Waals surface area contributed by atoms with Crippen LogP contribution in [-0.2, 0) is 0 Å². The quantitative estimate of drug-likeness (QED) is 0.864. The fourth-order valence-corrected chi connectivity index (χ4v) is 1.81. The molecule has 1 atom stereocenters. The Morgan fingerprint density at radius 2 is 1.89 bits per heavy atom. The molecular formula is C14H21N5. The SMILES string of the molecule is CC(C)NCCC(C)n1nnc(-c2ccccc2)n1. The molecule has 0 aliphatic carbocycles. The van der Waals surface area contributed by atoms with Crippen LogP contribution < -0.4 is 5.32 Å². The van der Waals surface area contributed by atoms with Gasteiger partial charge in [0.15, 0.2) is 0 Å². The molecule has 0 bridgehead atoms. The van der Waals surface area contributed by atoms with Gasteiger partial charge in [-0.25, -0.2) is 0 Å². The Labute approximate surface area is 114 Å². The lowest BCUT2D eigenvalue weighted by molar-refractivity contribution is 0.386. The molecule has 0 saturated heterocycles. The first kappa shape index (κ1) is 13.7. The van der Waals surface area contributed by atoms with E-state index >= 15 is 0 Å². The van der Waals surface area contributed by atoms with Crippen molar-refractivity contribution in [1.29, 1.82) is 0 Å². The molecule has 1 heterocycles. The van der Waals surface area contributed by atoms with Crippen LogP contribution in [0.5, 0.6) is 0 Å². The normalized spacial score (nSPS) is 12.8. The fourth-order valence-electron chi connectivity index (χ4n) is 1.81. The van der Waals surface area contributed by atoms with E-state index in [1.165, 1.54) is 0 Å². The second-order valence-electron chi connectivity index (χ2n) is 5.05. The molecule has 1 aromatic carbocycles. The van der Waals surface area contributed by atoms with Crippen LogP contribution >= 0.6 is 0 Å².